The number of carboxylic acid groups (broad SMARTS) is 5. The smallest absolute Gasteiger partial charge is 0.341 e. The number of carboxylic acids is 5. The summed E-state index contributed by atoms with van der Waals surface area (Å²) in [6.45, 7) is 34.8. The van der Waals surface area contributed by atoms with Crippen LogP contribution >= 0.6 is 0 Å². The maximum absolute atomic E-state index is 11.9. The number of benzene rings is 3. The number of pyridine rings is 1. The van der Waals surface area contributed by atoms with Crippen molar-refractivity contribution in [2.24, 2.45) is 11.5 Å². The third-order valence-electron chi connectivity index (χ3n) is 14.9. The fourth-order valence-electron chi connectivity index (χ4n) is 9.46. The topological polar surface area (TPSA) is 526 Å². The molecule has 10 aromatic rings. The molecule has 556 valence electrons. The highest BCUT2D eigenvalue weighted by atomic mass is 16.5. The van der Waals surface area contributed by atoms with Crippen molar-refractivity contribution in [3.05, 3.63) is 263 Å². The number of allylic oxidation sites excluding steroid dienone is 6. The number of hydrogen-bond acceptors (Lipinski definition) is 24. The zero-order chi connectivity index (χ0) is 80.5. The van der Waals surface area contributed by atoms with Gasteiger partial charge in [0.2, 0.25) is 5.91 Å². The van der Waals surface area contributed by atoms with Crippen LogP contribution in [0.2, 0.25) is 0 Å². The van der Waals surface area contributed by atoms with Gasteiger partial charge in [-0.05, 0) is 63.1 Å². The summed E-state index contributed by atoms with van der Waals surface area (Å²) in [5, 5.41) is 68.0. The molecule has 0 aliphatic heterocycles. The van der Waals surface area contributed by atoms with Gasteiger partial charge in [-0.25, -0.2) is 43.6 Å². The van der Waals surface area contributed by atoms with E-state index in [1.807, 2.05) is 26.0 Å². The number of carbonyl (C=O) groups is 11. The summed E-state index contributed by atoms with van der Waals surface area (Å²) in [6, 6.07) is 21.9. The van der Waals surface area contributed by atoms with E-state index >= 15 is 0 Å². The third kappa shape index (κ3) is 21.8. The summed E-state index contributed by atoms with van der Waals surface area (Å²) >= 11 is 0. The number of primary amides is 2. The average molecular weight is 1480 g/mol. The van der Waals surface area contributed by atoms with Crippen molar-refractivity contribution in [1.29, 1.82) is 0 Å². The Hall–Kier alpha value is -15.4. The quantitative estimate of drug-likeness (QED) is 0.0128. The number of aromatic carboxylic acids is 5. The van der Waals surface area contributed by atoms with E-state index in [-0.39, 0.29) is 150 Å². The van der Waals surface area contributed by atoms with Crippen molar-refractivity contribution < 1.29 is 101 Å². The third-order valence-corrected chi connectivity index (χ3v) is 14.9. The number of amides is 3. The molecule has 0 aliphatic rings. The van der Waals surface area contributed by atoms with Crippen LogP contribution in [0.4, 0.5) is 16.2 Å². The van der Waals surface area contributed by atoms with Gasteiger partial charge in [0.15, 0.2) is 51.8 Å². The van der Waals surface area contributed by atoms with E-state index in [2.05, 4.69) is 90.4 Å². The molecular weight excluding hydrogens is 1420 g/mol. The number of nitrogens with one attached hydrogen (secondary N) is 1. The van der Waals surface area contributed by atoms with Crippen molar-refractivity contribution in [3.63, 3.8) is 0 Å². The molecule has 33 nitrogen and oxygen atoms in total. The average Bonchev–Trinajstić information content (AvgIpc) is 1.70. The second kappa shape index (κ2) is 38.2. The van der Waals surface area contributed by atoms with Crippen LogP contribution in [-0.2, 0) is 51.3 Å². The maximum Gasteiger partial charge on any atom is 0.341 e. The van der Waals surface area contributed by atoms with Crippen molar-refractivity contribution in [2.75, 3.05) is 5.32 Å². The second-order valence-corrected chi connectivity index (χ2v) is 22.7. The van der Waals surface area contributed by atoms with Gasteiger partial charge in [0.25, 0.3) is 0 Å². The van der Waals surface area contributed by atoms with Crippen molar-refractivity contribution in [1.82, 2.24) is 40.7 Å². The molecule has 33 heteroatoms. The largest absolute Gasteiger partial charge is 0.477 e. The minimum Gasteiger partial charge on any atom is -0.477 e. The van der Waals surface area contributed by atoms with Gasteiger partial charge in [-0.2, -0.15) is 0 Å². The normalized spacial score (nSPS) is 10.2. The Balaban J connectivity index is 0.000000213. The van der Waals surface area contributed by atoms with Gasteiger partial charge in [-0.3, -0.25) is 29.0 Å². The Morgan fingerprint density at radius 1 is 0.495 bits per heavy atom. The lowest BCUT2D eigenvalue weighted by atomic mass is 10.0. The van der Waals surface area contributed by atoms with Crippen LogP contribution < -0.4 is 16.8 Å². The molecule has 7 heterocycles. The molecule has 3 amide bonds. The number of urea groups is 1. The lowest BCUT2D eigenvalue weighted by molar-refractivity contribution is -0.117. The fraction of sp³-hybridized carbons (Fsp3) is 0.132. The molecule has 0 unspecified atom stereocenters. The van der Waals surface area contributed by atoms with Crippen LogP contribution in [0.3, 0.4) is 0 Å². The molecule has 7 aromatic heterocycles. The highest BCUT2D eigenvalue weighted by Crippen LogP contribution is 2.33. The lowest BCUT2D eigenvalue weighted by Gasteiger charge is -2.03. The number of ketones is 4. The molecule has 0 radical (unpaired) electrons. The SMILES string of the molecule is C=CC(=C)C(=O)Cc1onc(-c2ccc(C)cc2)c1C(=O)O.C=CC(=C)C(=O)Cc1onc(-c2cnc(C)nc2)c1C(=O)O.CC(=O)Cc1onc(-c2cccc(C(N)=O)c2)c1C(=O)O.CCCc1onc(-c2cc(NC(N)=O)ccn2)c1C(=O)O.[C-]#[N+]c1cccc(-c2noc(CC(=O)C(=C)C=C)c2C(=O)O)c1. The molecule has 109 heavy (non-hydrogen) atoms. The van der Waals surface area contributed by atoms with E-state index in [1.54, 1.807) is 49.4 Å². The van der Waals surface area contributed by atoms with Crippen LogP contribution in [0.15, 0.2) is 201 Å². The number of hydrogen-bond donors (Lipinski definition) is 8. The summed E-state index contributed by atoms with van der Waals surface area (Å²) in [6.07, 6.45) is 8.50. The van der Waals surface area contributed by atoms with Crippen LogP contribution in [0, 0.1) is 20.4 Å². The summed E-state index contributed by atoms with van der Waals surface area (Å²) in [7, 11) is 0. The van der Waals surface area contributed by atoms with E-state index in [0.29, 0.717) is 51.6 Å². The lowest BCUT2D eigenvalue weighted by Crippen LogP contribution is -2.19. The zero-order valence-corrected chi connectivity index (χ0v) is 58.5. The number of nitrogens with zero attached hydrogens (tertiary/aromatic N) is 9. The van der Waals surface area contributed by atoms with Gasteiger partial charge in [0.1, 0.15) is 67.9 Å². The van der Waals surface area contributed by atoms with Crippen LogP contribution in [0.25, 0.3) is 61.3 Å². The van der Waals surface area contributed by atoms with E-state index < -0.39 is 47.6 Å². The molecule has 0 aliphatic carbocycles. The zero-order valence-electron chi connectivity index (χ0n) is 58.5. The molecule has 10 N–H and O–H groups in total. The molecule has 0 saturated carbocycles. The number of aryl methyl sites for hydroxylation is 3. The standard InChI is InChI=1S/C17H12N2O4.C17H15NO4.C15H13N3O4.C14H12N2O5.C13H14N4O4/c1-4-10(2)13(20)9-14-15(17(21)22)16(19-23-14)11-6-5-7-12(8-11)18-3;1-4-11(3)13(19)9-14-15(17(20)21)16(18-22-14)12-7-5-10(2)6-8-12;1-4-8(2)11(19)5-12-13(15(20)21)14(18-22-12)10-6-16-9(3)17-7-10;1-7(17)5-10-11(14(19)20)12(16-21-10)8-3-2-4-9(6-8)13(15)18;1-2-3-9-10(12(18)19)11(17-21-9)8-6-7(4-5-15-8)16-13(14)20/h4-8H,1-2,9H2,(H,21,22);4-8H,1,3,9H2,2H3,(H,20,21);4,6-7H,1-2,5H2,3H3,(H,20,21);2-4,6H,5H2,1H3,(H2,15,18)(H,19,20);4-6H,2-3H2,1H3,(H,18,19)(H3,14,15,16,20). The number of Topliss-reactive ketones (excluding diaryl/α,β-unsaturated/α-hetero) is 4. The van der Waals surface area contributed by atoms with Gasteiger partial charge >= 0.3 is 35.9 Å². The van der Waals surface area contributed by atoms with E-state index in [0.717, 1.165) is 12.0 Å². The van der Waals surface area contributed by atoms with Crippen LogP contribution in [0.5, 0.6) is 0 Å². The highest BCUT2D eigenvalue weighted by molar-refractivity contribution is 6.05. The number of carbonyl (C=O) groups excluding carboxylic acids is 6. The van der Waals surface area contributed by atoms with Crippen molar-refractivity contribution >= 4 is 76.3 Å². The summed E-state index contributed by atoms with van der Waals surface area (Å²) in [5.74, 6) is -7.39. The minimum atomic E-state index is -1.26. The van der Waals surface area contributed by atoms with Gasteiger partial charge in [-0.1, -0.05) is 151 Å². The molecule has 10 rings (SSSR count). The summed E-state index contributed by atoms with van der Waals surface area (Å²) in [5.41, 5.74) is 14.7. The first-order chi connectivity index (χ1) is 51.8. The molecule has 0 atom stereocenters. The predicted octanol–water partition coefficient (Wildman–Crippen LogP) is 11.8. The van der Waals surface area contributed by atoms with Crippen molar-refractivity contribution in [2.45, 2.75) is 66.2 Å². The number of nitrogens with two attached hydrogens (primary N) is 2. The number of aromatic nitrogens is 8. The first kappa shape index (κ1) is 82.6. The highest BCUT2D eigenvalue weighted by Gasteiger charge is 2.31. The molecule has 3 aromatic carbocycles. The monoisotopic (exact) mass is 1480 g/mol. The molecule has 0 fully saturated rings. The predicted molar refractivity (Wildman–Crippen MR) is 388 cm³/mol. The molecule has 0 bridgehead atoms. The molecular formula is C76H66N12O21. The van der Waals surface area contributed by atoms with Crippen LogP contribution in [0.1, 0.15) is 123 Å². The number of rotatable bonds is 28. The van der Waals surface area contributed by atoms with Gasteiger partial charge < -0.3 is 64.9 Å². The summed E-state index contributed by atoms with van der Waals surface area (Å²) in [4.78, 5) is 141. The fourth-order valence-corrected chi connectivity index (χ4v) is 9.46. The van der Waals surface area contributed by atoms with Gasteiger partial charge in [0.05, 0.1) is 37.9 Å². The Bertz CT molecular complexity index is 5160. The minimum absolute atomic E-state index is 0.0103. The first-order valence-electron chi connectivity index (χ1n) is 31.7. The molecule has 0 saturated heterocycles. The number of anilines is 1. The second-order valence-electron chi connectivity index (χ2n) is 22.7. The van der Waals surface area contributed by atoms with E-state index in [4.69, 9.17) is 40.7 Å². The van der Waals surface area contributed by atoms with E-state index in [9.17, 15) is 78.3 Å². The summed E-state index contributed by atoms with van der Waals surface area (Å²) < 4.78 is 25.2. The first-order valence-corrected chi connectivity index (χ1v) is 31.7. The maximum atomic E-state index is 11.9. The van der Waals surface area contributed by atoms with E-state index in [1.165, 1.54) is 74.1 Å². The Morgan fingerprint density at radius 2 is 0.890 bits per heavy atom. The Labute approximate surface area is 617 Å². The van der Waals surface area contributed by atoms with Gasteiger partial charge in [-0.15, -0.1) is 0 Å². The Morgan fingerprint density at radius 3 is 1.29 bits per heavy atom. The van der Waals surface area contributed by atoms with Crippen molar-refractivity contribution in [3.8, 4) is 56.4 Å². The van der Waals surface area contributed by atoms with Gasteiger partial charge in [0, 0.05) is 69.7 Å². The molecule has 0 spiro atoms. The van der Waals surface area contributed by atoms with Crippen LogP contribution in [-0.4, -0.2) is 131 Å². The Kier molecular flexibility index (Phi) is 29.0.